The molecule has 1 aliphatic carbocycles. The fourth-order valence-electron chi connectivity index (χ4n) is 1.72. The molecule has 1 fully saturated rings. The molecule has 0 aromatic heterocycles. The van der Waals surface area contributed by atoms with Gasteiger partial charge in [-0.3, -0.25) is 9.59 Å². The third-order valence-electron chi connectivity index (χ3n) is 2.40. The van der Waals surface area contributed by atoms with Gasteiger partial charge < -0.3 is 10.2 Å². The molecule has 0 aromatic rings. The lowest BCUT2D eigenvalue weighted by Crippen LogP contribution is -2.32. The summed E-state index contributed by atoms with van der Waals surface area (Å²) in [5.41, 5.74) is 0. The summed E-state index contributed by atoms with van der Waals surface area (Å²) >= 11 is 0. The summed E-state index contributed by atoms with van der Waals surface area (Å²) in [6.07, 6.45) is 2.68. The van der Waals surface area contributed by atoms with Crippen molar-refractivity contribution in [2.75, 3.05) is 0 Å². The third kappa shape index (κ3) is 2.88. The summed E-state index contributed by atoms with van der Waals surface area (Å²) in [5.74, 6) is -3.28. The molecule has 5 heteroatoms. The van der Waals surface area contributed by atoms with Crippen LogP contribution in [0.25, 0.3) is 0 Å². The van der Waals surface area contributed by atoms with Gasteiger partial charge in [0, 0.05) is 0 Å². The van der Waals surface area contributed by atoms with Crippen LogP contribution in [0.5, 0.6) is 0 Å². The van der Waals surface area contributed by atoms with Gasteiger partial charge in [0.05, 0.1) is 11.8 Å². The summed E-state index contributed by atoms with van der Waals surface area (Å²) in [6, 6.07) is 0. The Kier molecular flexibility index (Phi) is 4.77. The molecule has 0 amide bonds. The van der Waals surface area contributed by atoms with Crippen LogP contribution in [0.3, 0.4) is 0 Å². The largest absolute Gasteiger partial charge is 0.481 e. The summed E-state index contributed by atoms with van der Waals surface area (Å²) in [6.45, 7) is 0. The number of carboxylic acids is 2. The lowest BCUT2D eigenvalue weighted by atomic mass is 9.79. The Morgan fingerprint density at radius 1 is 0.923 bits per heavy atom. The van der Waals surface area contributed by atoms with Crippen molar-refractivity contribution in [1.82, 2.24) is 0 Å². The second-order valence-electron chi connectivity index (χ2n) is 3.17. The fraction of sp³-hybridized carbons (Fsp3) is 0.750. The minimum absolute atomic E-state index is 0. The van der Waals surface area contributed by atoms with Gasteiger partial charge in [0.2, 0.25) is 0 Å². The number of hydrogen-bond donors (Lipinski definition) is 2. The van der Waals surface area contributed by atoms with Gasteiger partial charge in [-0.1, -0.05) is 12.8 Å². The first-order chi connectivity index (χ1) is 5.63. The normalized spacial score (nSPS) is 27.4. The van der Waals surface area contributed by atoms with Crippen LogP contribution in [0, 0.1) is 11.8 Å². The number of carboxylic acid groups (broad SMARTS) is 2. The van der Waals surface area contributed by atoms with Crippen molar-refractivity contribution < 1.29 is 19.8 Å². The van der Waals surface area contributed by atoms with Crippen molar-refractivity contribution in [2.24, 2.45) is 11.8 Å². The first-order valence-electron chi connectivity index (χ1n) is 4.08. The number of carbonyl (C=O) groups is 2. The molecule has 0 aliphatic heterocycles. The van der Waals surface area contributed by atoms with Gasteiger partial charge in [-0.05, 0) is 12.8 Å². The lowest BCUT2D eigenvalue weighted by molar-refractivity contribution is -0.155. The summed E-state index contributed by atoms with van der Waals surface area (Å²) in [4.78, 5) is 21.2. The van der Waals surface area contributed by atoms with Crippen molar-refractivity contribution >= 4 is 24.3 Å². The molecule has 0 saturated heterocycles. The van der Waals surface area contributed by atoms with Crippen molar-refractivity contribution in [3.8, 4) is 0 Å². The number of rotatable bonds is 2. The highest BCUT2D eigenvalue weighted by Crippen LogP contribution is 2.30. The van der Waals surface area contributed by atoms with Crippen LogP contribution in [-0.4, -0.2) is 22.2 Å². The van der Waals surface area contributed by atoms with Gasteiger partial charge in [0.1, 0.15) is 0 Å². The van der Waals surface area contributed by atoms with E-state index in [0.717, 1.165) is 12.8 Å². The van der Waals surface area contributed by atoms with Crippen LogP contribution >= 0.6 is 12.4 Å². The van der Waals surface area contributed by atoms with E-state index in [4.69, 9.17) is 10.2 Å². The van der Waals surface area contributed by atoms with Crippen molar-refractivity contribution in [3.05, 3.63) is 0 Å². The monoisotopic (exact) mass is 208 g/mol. The van der Waals surface area contributed by atoms with E-state index in [2.05, 4.69) is 0 Å². The lowest BCUT2D eigenvalue weighted by Gasteiger charge is -2.24. The highest BCUT2D eigenvalue weighted by Gasteiger charge is 2.35. The Morgan fingerprint density at radius 2 is 1.23 bits per heavy atom. The second kappa shape index (κ2) is 5.07. The van der Waals surface area contributed by atoms with Gasteiger partial charge in [-0.15, -0.1) is 12.4 Å². The standard InChI is InChI=1S/C8H12O4.ClH/c9-7(10)5-3-1-2-4-6(5)8(11)12;/h5-6H,1-4H2,(H,9,10)(H,11,12);1H. The third-order valence-corrected chi connectivity index (χ3v) is 2.40. The zero-order chi connectivity index (χ0) is 9.14. The highest BCUT2D eigenvalue weighted by molar-refractivity contribution is 5.85. The van der Waals surface area contributed by atoms with Gasteiger partial charge in [-0.25, -0.2) is 0 Å². The molecule has 13 heavy (non-hydrogen) atoms. The molecular weight excluding hydrogens is 196 g/mol. The molecule has 1 saturated carbocycles. The molecule has 4 nitrogen and oxygen atoms in total. The molecule has 1 aliphatic rings. The van der Waals surface area contributed by atoms with E-state index in [-0.39, 0.29) is 12.4 Å². The van der Waals surface area contributed by atoms with E-state index < -0.39 is 23.8 Å². The van der Waals surface area contributed by atoms with Crippen LogP contribution < -0.4 is 0 Å². The Bertz CT molecular complexity index is 182. The quantitative estimate of drug-likeness (QED) is 0.719. The highest BCUT2D eigenvalue weighted by atomic mass is 35.5. The van der Waals surface area contributed by atoms with Crippen molar-refractivity contribution in [3.63, 3.8) is 0 Å². The maximum Gasteiger partial charge on any atom is 0.307 e. The topological polar surface area (TPSA) is 74.6 Å². The number of hydrogen-bond acceptors (Lipinski definition) is 2. The Hall–Kier alpha value is -0.770. The molecule has 2 unspecified atom stereocenters. The molecule has 2 atom stereocenters. The predicted molar refractivity (Wildman–Crippen MR) is 48.0 cm³/mol. The molecular formula is C8H13ClO4. The molecule has 0 heterocycles. The number of aliphatic carboxylic acids is 2. The summed E-state index contributed by atoms with van der Waals surface area (Å²) in [7, 11) is 0. The minimum atomic E-state index is -0.970. The molecule has 0 radical (unpaired) electrons. The van der Waals surface area contributed by atoms with Gasteiger partial charge in [0.25, 0.3) is 0 Å². The van der Waals surface area contributed by atoms with E-state index in [0.29, 0.717) is 12.8 Å². The maximum atomic E-state index is 10.6. The van der Waals surface area contributed by atoms with Gasteiger partial charge in [0.15, 0.2) is 0 Å². The maximum absolute atomic E-state index is 10.6. The molecule has 76 valence electrons. The second-order valence-corrected chi connectivity index (χ2v) is 3.17. The molecule has 0 bridgehead atoms. The Balaban J connectivity index is 0.00000144. The zero-order valence-corrected chi connectivity index (χ0v) is 7.92. The SMILES string of the molecule is Cl.O=C(O)C1CCCCC1C(=O)O. The smallest absolute Gasteiger partial charge is 0.307 e. The number of halogens is 1. The first kappa shape index (κ1) is 12.2. The van der Waals surface area contributed by atoms with Gasteiger partial charge >= 0.3 is 11.9 Å². The average Bonchev–Trinajstić information content (AvgIpc) is 2.04. The van der Waals surface area contributed by atoms with Crippen LogP contribution in [0.15, 0.2) is 0 Å². The molecule has 2 N–H and O–H groups in total. The van der Waals surface area contributed by atoms with Crippen molar-refractivity contribution in [2.45, 2.75) is 25.7 Å². The summed E-state index contributed by atoms with van der Waals surface area (Å²) in [5, 5.41) is 17.4. The van der Waals surface area contributed by atoms with Crippen LogP contribution in [-0.2, 0) is 9.59 Å². The first-order valence-corrected chi connectivity index (χ1v) is 4.08. The molecule has 0 spiro atoms. The van der Waals surface area contributed by atoms with Crippen LogP contribution in [0.2, 0.25) is 0 Å². The molecule has 0 aromatic carbocycles. The fourth-order valence-corrected chi connectivity index (χ4v) is 1.72. The zero-order valence-electron chi connectivity index (χ0n) is 7.10. The van der Waals surface area contributed by atoms with Crippen LogP contribution in [0.4, 0.5) is 0 Å². The van der Waals surface area contributed by atoms with E-state index in [9.17, 15) is 9.59 Å². The summed E-state index contributed by atoms with van der Waals surface area (Å²) < 4.78 is 0. The van der Waals surface area contributed by atoms with Crippen LogP contribution in [0.1, 0.15) is 25.7 Å². The van der Waals surface area contributed by atoms with E-state index in [1.165, 1.54) is 0 Å². The van der Waals surface area contributed by atoms with E-state index in [1.54, 1.807) is 0 Å². The van der Waals surface area contributed by atoms with Crippen molar-refractivity contribution in [1.29, 1.82) is 0 Å². The Labute approximate surface area is 82.4 Å². The van der Waals surface area contributed by atoms with E-state index >= 15 is 0 Å². The molecule has 1 rings (SSSR count). The minimum Gasteiger partial charge on any atom is -0.481 e. The predicted octanol–water partition coefficient (Wildman–Crippen LogP) is 1.38. The average molecular weight is 209 g/mol. The van der Waals surface area contributed by atoms with E-state index in [1.807, 2.05) is 0 Å². The Morgan fingerprint density at radius 3 is 1.46 bits per heavy atom. The van der Waals surface area contributed by atoms with Gasteiger partial charge in [-0.2, -0.15) is 0 Å².